The molecule has 0 bridgehead atoms. The third kappa shape index (κ3) is 4.13. The molecule has 0 saturated carbocycles. The average molecular weight is 134 g/mol. The van der Waals surface area contributed by atoms with Crippen molar-refractivity contribution in [1.29, 1.82) is 0 Å². The van der Waals surface area contributed by atoms with Crippen LogP contribution in [0.2, 0.25) is 0 Å². The first-order chi connectivity index (χ1) is 4.20. The van der Waals surface area contributed by atoms with E-state index in [0.717, 1.165) is 18.9 Å². The Morgan fingerprint density at radius 1 is 1.33 bits per heavy atom. The first kappa shape index (κ1) is 8.60. The Balaban J connectivity index is 3.68. The third-order valence-electron chi connectivity index (χ3n) is 1.41. The van der Waals surface area contributed by atoms with Crippen LogP contribution >= 0.6 is 0 Å². The summed E-state index contributed by atoms with van der Waals surface area (Å²) in [5, 5.41) is 0. The molecule has 54 valence electrons. The Labute approximate surface area is 54.6 Å². The standard InChI is InChI=1S/C7H12F2/c1-3-6(4-2)5-7(8)9/h5-6H,3-4H2,1-2H3. The normalized spacial score (nSPS) is 9.89. The Morgan fingerprint density at radius 3 is 1.89 bits per heavy atom. The summed E-state index contributed by atoms with van der Waals surface area (Å²) in [5.74, 6) is 0.0648. The predicted octanol–water partition coefficient (Wildman–Crippen LogP) is 3.20. The Bertz CT molecular complexity index is 89.1. The van der Waals surface area contributed by atoms with E-state index in [9.17, 15) is 8.78 Å². The van der Waals surface area contributed by atoms with Gasteiger partial charge in [0.05, 0.1) is 0 Å². The maximum Gasteiger partial charge on any atom is 0.266 e. The molecule has 0 aromatic rings. The Morgan fingerprint density at radius 2 is 1.78 bits per heavy atom. The maximum absolute atomic E-state index is 11.5. The van der Waals surface area contributed by atoms with E-state index in [1.807, 2.05) is 13.8 Å². The molecule has 0 aromatic carbocycles. The summed E-state index contributed by atoms with van der Waals surface area (Å²) in [6, 6.07) is 0. The van der Waals surface area contributed by atoms with Crippen molar-refractivity contribution in [3.63, 3.8) is 0 Å². The van der Waals surface area contributed by atoms with Crippen LogP contribution in [0.4, 0.5) is 8.78 Å². The van der Waals surface area contributed by atoms with Crippen LogP contribution < -0.4 is 0 Å². The first-order valence-corrected chi connectivity index (χ1v) is 3.23. The summed E-state index contributed by atoms with van der Waals surface area (Å²) in [6.45, 7) is 3.82. The molecule has 9 heavy (non-hydrogen) atoms. The van der Waals surface area contributed by atoms with Crippen LogP contribution in [-0.2, 0) is 0 Å². The highest BCUT2D eigenvalue weighted by atomic mass is 19.3. The second-order valence-electron chi connectivity index (χ2n) is 2.03. The molecule has 0 saturated heterocycles. The van der Waals surface area contributed by atoms with Gasteiger partial charge in [-0.05, 0) is 24.8 Å². The summed E-state index contributed by atoms with van der Waals surface area (Å²) in [4.78, 5) is 0. The van der Waals surface area contributed by atoms with Gasteiger partial charge in [0.15, 0.2) is 0 Å². The van der Waals surface area contributed by atoms with Crippen LogP contribution in [0.25, 0.3) is 0 Å². The van der Waals surface area contributed by atoms with Crippen LogP contribution in [0.3, 0.4) is 0 Å². The van der Waals surface area contributed by atoms with Crippen molar-refractivity contribution in [2.24, 2.45) is 5.92 Å². The molecule has 0 spiro atoms. The Hall–Kier alpha value is -0.400. The molecule has 0 aliphatic carbocycles. The maximum atomic E-state index is 11.5. The zero-order chi connectivity index (χ0) is 7.28. The predicted molar refractivity (Wildman–Crippen MR) is 34.4 cm³/mol. The lowest BCUT2D eigenvalue weighted by atomic mass is 10.0. The molecule has 0 atom stereocenters. The second-order valence-corrected chi connectivity index (χ2v) is 2.03. The molecule has 0 nitrogen and oxygen atoms in total. The lowest BCUT2D eigenvalue weighted by Crippen LogP contribution is -1.90. The molecule has 0 aromatic heterocycles. The number of hydrogen-bond donors (Lipinski definition) is 0. The molecule has 0 aliphatic heterocycles. The minimum Gasteiger partial charge on any atom is -0.174 e. The van der Waals surface area contributed by atoms with Gasteiger partial charge in [-0.15, -0.1) is 0 Å². The van der Waals surface area contributed by atoms with Gasteiger partial charge < -0.3 is 0 Å². The summed E-state index contributed by atoms with van der Waals surface area (Å²) in [7, 11) is 0. The second kappa shape index (κ2) is 4.48. The number of allylic oxidation sites excluding steroid dienone is 1. The number of rotatable bonds is 3. The van der Waals surface area contributed by atoms with Crippen molar-refractivity contribution in [2.75, 3.05) is 0 Å². The van der Waals surface area contributed by atoms with Gasteiger partial charge in [0.1, 0.15) is 0 Å². The van der Waals surface area contributed by atoms with Crippen molar-refractivity contribution in [3.05, 3.63) is 12.2 Å². The zero-order valence-electron chi connectivity index (χ0n) is 5.82. The molecule has 0 aliphatic rings. The summed E-state index contributed by atoms with van der Waals surface area (Å²) < 4.78 is 23.0. The minimum absolute atomic E-state index is 0.0648. The highest BCUT2D eigenvalue weighted by molar-refractivity contribution is 4.86. The van der Waals surface area contributed by atoms with E-state index in [-0.39, 0.29) is 5.92 Å². The van der Waals surface area contributed by atoms with E-state index in [1.165, 1.54) is 0 Å². The quantitative estimate of drug-likeness (QED) is 0.556. The average Bonchev–Trinajstić information content (AvgIpc) is 1.82. The van der Waals surface area contributed by atoms with Gasteiger partial charge in [0, 0.05) is 0 Å². The molecule has 0 rings (SSSR count). The van der Waals surface area contributed by atoms with Gasteiger partial charge in [-0.2, -0.15) is 8.78 Å². The molecule has 2 heteroatoms. The molecule has 0 unspecified atom stereocenters. The molecule has 0 radical (unpaired) electrons. The van der Waals surface area contributed by atoms with Gasteiger partial charge in [-0.25, -0.2) is 0 Å². The smallest absolute Gasteiger partial charge is 0.174 e. The Kier molecular flexibility index (Phi) is 4.28. The summed E-state index contributed by atoms with van der Waals surface area (Å²) in [6.07, 6.45) is 1.07. The zero-order valence-corrected chi connectivity index (χ0v) is 5.82. The van der Waals surface area contributed by atoms with Crippen molar-refractivity contribution >= 4 is 0 Å². The monoisotopic (exact) mass is 134 g/mol. The fourth-order valence-corrected chi connectivity index (χ4v) is 0.703. The van der Waals surface area contributed by atoms with Crippen LogP contribution in [-0.4, -0.2) is 0 Å². The lowest BCUT2D eigenvalue weighted by Gasteiger charge is -2.02. The van der Waals surface area contributed by atoms with E-state index in [4.69, 9.17) is 0 Å². The topological polar surface area (TPSA) is 0 Å². The fourth-order valence-electron chi connectivity index (χ4n) is 0.703. The molecular formula is C7H12F2. The summed E-state index contributed by atoms with van der Waals surface area (Å²) in [5.41, 5.74) is 0. The van der Waals surface area contributed by atoms with E-state index in [2.05, 4.69) is 0 Å². The number of halogens is 2. The fraction of sp³-hybridized carbons (Fsp3) is 0.714. The van der Waals surface area contributed by atoms with E-state index < -0.39 is 6.08 Å². The van der Waals surface area contributed by atoms with Gasteiger partial charge in [0.2, 0.25) is 0 Å². The van der Waals surface area contributed by atoms with E-state index >= 15 is 0 Å². The van der Waals surface area contributed by atoms with Crippen LogP contribution in [0, 0.1) is 5.92 Å². The van der Waals surface area contributed by atoms with Gasteiger partial charge >= 0.3 is 0 Å². The van der Waals surface area contributed by atoms with Crippen LogP contribution in [0.15, 0.2) is 12.2 Å². The SMILES string of the molecule is CCC(C=C(F)F)CC. The van der Waals surface area contributed by atoms with Crippen LogP contribution in [0.5, 0.6) is 0 Å². The highest BCUT2D eigenvalue weighted by Gasteiger charge is 2.00. The van der Waals surface area contributed by atoms with Crippen molar-refractivity contribution in [1.82, 2.24) is 0 Å². The minimum atomic E-state index is -1.55. The van der Waals surface area contributed by atoms with Crippen molar-refractivity contribution in [3.8, 4) is 0 Å². The summed E-state index contributed by atoms with van der Waals surface area (Å²) >= 11 is 0. The molecule has 0 N–H and O–H groups in total. The van der Waals surface area contributed by atoms with Crippen molar-refractivity contribution < 1.29 is 8.78 Å². The van der Waals surface area contributed by atoms with E-state index in [0.29, 0.717) is 0 Å². The number of hydrogen-bond acceptors (Lipinski definition) is 0. The highest BCUT2D eigenvalue weighted by Crippen LogP contribution is 2.12. The van der Waals surface area contributed by atoms with Gasteiger partial charge in [-0.1, -0.05) is 13.8 Å². The van der Waals surface area contributed by atoms with Gasteiger partial charge in [-0.3, -0.25) is 0 Å². The first-order valence-electron chi connectivity index (χ1n) is 3.23. The molecular weight excluding hydrogens is 122 g/mol. The largest absolute Gasteiger partial charge is 0.266 e. The van der Waals surface area contributed by atoms with E-state index in [1.54, 1.807) is 0 Å². The molecule has 0 amide bonds. The molecule has 0 fully saturated rings. The van der Waals surface area contributed by atoms with Crippen molar-refractivity contribution in [2.45, 2.75) is 26.7 Å². The van der Waals surface area contributed by atoms with Crippen LogP contribution in [0.1, 0.15) is 26.7 Å². The van der Waals surface area contributed by atoms with Gasteiger partial charge in [0.25, 0.3) is 6.08 Å². The lowest BCUT2D eigenvalue weighted by molar-refractivity contribution is 0.405. The third-order valence-corrected chi connectivity index (χ3v) is 1.41. The molecule has 0 heterocycles.